The van der Waals surface area contributed by atoms with Gasteiger partial charge in [0.2, 0.25) is 5.13 Å². The number of rotatable bonds is 5. The highest BCUT2D eigenvalue weighted by Crippen LogP contribution is 2.19. The van der Waals surface area contributed by atoms with Crippen LogP contribution in [0.15, 0.2) is 18.3 Å². The Morgan fingerprint density at radius 3 is 2.90 bits per heavy atom. The summed E-state index contributed by atoms with van der Waals surface area (Å²) in [4.78, 5) is 11.3. The second-order valence-corrected chi connectivity index (χ2v) is 6.04. The van der Waals surface area contributed by atoms with Crippen LogP contribution in [-0.2, 0) is 13.0 Å². The summed E-state index contributed by atoms with van der Waals surface area (Å²) in [7, 11) is 0. The summed E-state index contributed by atoms with van der Waals surface area (Å²) < 4.78 is 4.29. The zero-order valence-corrected chi connectivity index (χ0v) is 13.2. The molecule has 0 atom stereocenters. The molecule has 21 heavy (non-hydrogen) atoms. The molecule has 3 rings (SSSR count). The van der Waals surface area contributed by atoms with E-state index in [9.17, 15) is 0 Å². The van der Waals surface area contributed by atoms with Crippen LogP contribution < -0.4 is 10.2 Å². The number of aromatic nitrogens is 3. The Balaban J connectivity index is 1.62. The molecule has 5 nitrogen and oxygen atoms in total. The quantitative estimate of drug-likeness (QED) is 0.920. The van der Waals surface area contributed by atoms with Gasteiger partial charge in [0.1, 0.15) is 11.6 Å². The van der Waals surface area contributed by atoms with Crippen molar-refractivity contribution in [2.45, 2.75) is 39.2 Å². The standard InChI is InChI=1S/C15H21N5S/c1-2-13-18-15(21-19-13)17-11-12-6-7-16-14(10-12)20-8-4-3-5-9-20/h6-7,10H,2-5,8-9,11H2,1H3,(H,17,18,19). The van der Waals surface area contributed by atoms with E-state index in [1.165, 1.54) is 36.4 Å². The number of nitrogens with one attached hydrogen (secondary N) is 1. The largest absolute Gasteiger partial charge is 0.357 e. The van der Waals surface area contributed by atoms with E-state index >= 15 is 0 Å². The van der Waals surface area contributed by atoms with Gasteiger partial charge in [-0.3, -0.25) is 0 Å². The van der Waals surface area contributed by atoms with Crippen LogP contribution in [0.5, 0.6) is 0 Å². The van der Waals surface area contributed by atoms with Gasteiger partial charge >= 0.3 is 0 Å². The lowest BCUT2D eigenvalue weighted by atomic mass is 10.1. The van der Waals surface area contributed by atoms with Crippen LogP contribution in [0, 0.1) is 0 Å². The Bertz CT molecular complexity index is 577. The molecular formula is C15H21N5S. The summed E-state index contributed by atoms with van der Waals surface area (Å²) >= 11 is 1.43. The second-order valence-electron chi connectivity index (χ2n) is 5.29. The van der Waals surface area contributed by atoms with E-state index in [0.717, 1.165) is 42.8 Å². The zero-order valence-electron chi connectivity index (χ0n) is 12.4. The first-order chi connectivity index (χ1) is 10.3. The molecule has 1 saturated heterocycles. The van der Waals surface area contributed by atoms with Crippen molar-refractivity contribution in [2.24, 2.45) is 0 Å². The maximum absolute atomic E-state index is 4.51. The van der Waals surface area contributed by atoms with Gasteiger partial charge in [-0.25, -0.2) is 9.97 Å². The third-order valence-corrected chi connectivity index (χ3v) is 4.43. The predicted octanol–water partition coefficient (Wildman–Crippen LogP) is 3.10. The minimum Gasteiger partial charge on any atom is -0.357 e. The van der Waals surface area contributed by atoms with Crippen molar-refractivity contribution in [3.63, 3.8) is 0 Å². The van der Waals surface area contributed by atoms with Gasteiger partial charge in [0.15, 0.2) is 0 Å². The fourth-order valence-electron chi connectivity index (χ4n) is 2.51. The second kappa shape index (κ2) is 6.85. The number of piperidine rings is 1. The lowest BCUT2D eigenvalue weighted by molar-refractivity contribution is 0.573. The highest BCUT2D eigenvalue weighted by molar-refractivity contribution is 7.09. The molecule has 2 aromatic heterocycles. The Kier molecular flexibility index (Phi) is 4.65. The Hall–Kier alpha value is -1.69. The van der Waals surface area contributed by atoms with Crippen molar-refractivity contribution in [2.75, 3.05) is 23.3 Å². The Labute approximate surface area is 129 Å². The Morgan fingerprint density at radius 2 is 2.14 bits per heavy atom. The third-order valence-electron chi connectivity index (χ3n) is 3.72. The number of hydrogen-bond donors (Lipinski definition) is 1. The summed E-state index contributed by atoms with van der Waals surface area (Å²) in [6, 6.07) is 4.24. The first-order valence-electron chi connectivity index (χ1n) is 7.61. The molecule has 112 valence electrons. The van der Waals surface area contributed by atoms with Crippen molar-refractivity contribution in [3.8, 4) is 0 Å². The summed E-state index contributed by atoms with van der Waals surface area (Å²) in [6.45, 7) is 5.08. The van der Waals surface area contributed by atoms with Gasteiger partial charge in [-0.1, -0.05) is 6.92 Å². The maximum Gasteiger partial charge on any atom is 0.202 e. The number of anilines is 2. The molecule has 0 aliphatic carbocycles. The van der Waals surface area contributed by atoms with E-state index in [1.54, 1.807) is 0 Å². The van der Waals surface area contributed by atoms with Crippen LogP contribution in [0.4, 0.5) is 10.9 Å². The highest BCUT2D eigenvalue weighted by Gasteiger charge is 2.12. The lowest BCUT2D eigenvalue weighted by Gasteiger charge is -2.27. The highest BCUT2D eigenvalue weighted by atomic mass is 32.1. The van der Waals surface area contributed by atoms with Gasteiger partial charge in [0.05, 0.1) is 0 Å². The molecule has 1 fully saturated rings. The predicted molar refractivity (Wildman–Crippen MR) is 86.9 cm³/mol. The van der Waals surface area contributed by atoms with E-state index in [4.69, 9.17) is 0 Å². The molecule has 3 heterocycles. The molecule has 0 aromatic carbocycles. The van der Waals surface area contributed by atoms with Crippen LogP contribution in [0.25, 0.3) is 0 Å². The molecule has 0 unspecified atom stereocenters. The molecule has 0 radical (unpaired) electrons. The average Bonchev–Trinajstić information content (AvgIpc) is 3.02. The van der Waals surface area contributed by atoms with Crippen molar-refractivity contribution < 1.29 is 0 Å². The summed E-state index contributed by atoms with van der Waals surface area (Å²) in [5, 5.41) is 4.24. The molecule has 6 heteroatoms. The first kappa shape index (κ1) is 14.3. The zero-order chi connectivity index (χ0) is 14.5. The number of aryl methyl sites for hydroxylation is 1. The molecule has 0 amide bonds. The smallest absolute Gasteiger partial charge is 0.202 e. The SMILES string of the molecule is CCc1nsc(NCc2ccnc(N3CCCCC3)c2)n1. The van der Waals surface area contributed by atoms with Gasteiger partial charge < -0.3 is 10.2 Å². The molecule has 0 spiro atoms. The molecule has 0 saturated carbocycles. The molecule has 1 aliphatic rings. The van der Waals surface area contributed by atoms with E-state index in [-0.39, 0.29) is 0 Å². The van der Waals surface area contributed by atoms with Crippen molar-refractivity contribution >= 4 is 22.5 Å². The number of hydrogen-bond acceptors (Lipinski definition) is 6. The topological polar surface area (TPSA) is 53.9 Å². The number of nitrogens with zero attached hydrogens (tertiary/aromatic N) is 4. The first-order valence-corrected chi connectivity index (χ1v) is 8.39. The van der Waals surface area contributed by atoms with Crippen LogP contribution in [0.2, 0.25) is 0 Å². The molecule has 1 N–H and O–H groups in total. The number of pyridine rings is 1. The normalized spacial score (nSPS) is 15.2. The van der Waals surface area contributed by atoms with Crippen molar-refractivity contribution in [1.82, 2.24) is 14.3 Å². The molecule has 0 bridgehead atoms. The van der Waals surface area contributed by atoms with Crippen molar-refractivity contribution in [3.05, 3.63) is 29.7 Å². The van der Waals surface area contributed by atoms with Crippen LogP contribution >= 0.6 is 11.5 Å². The van der Waals surface area contributed by atoms with Crippen LogP contribution in [0.3, 0.4) is 0 Å². The van der Waals surface area contributed by atoms with Crippen LogP contribution in [0.1, 0.15) is 37.6 Å². The summed E-state index contributed by atoms with van der Waals surface area (Å²) in [6.07, 6.45) is 6.67. The van der Waals surface area contributed by atoms with Gasteiger partial charge in [0.25, 0.3) is 0 Å². The van der Waals surface area contributed by atoms with E-state index in [1.807, 2.05) is 6.20 Å². The molecule has 2 aromatic rings. The monoisotopic (exact) mass is 303 g/mol. The van der Waals surface area contributed by atoms with Gasteiger partial charge in [0, 0.05) is 43.8 Å². The molecule has 1 aliphatic heterocycles. The summed E-state index contributed by atoms with van der Waals surface area (Å²) in [5.74, 6) is 2.01. The average molecular weight is 303 g/mol. The van der Waals surface area contributed by atoms with Crippen molar-refractivity contribution in [1.29, 1.82) is 0 Å². The minimum atomic E-state index is 0.766. The summed E-state index contributed by atoms with van der Waals surface area (Å²) in [5.41, 5.74) is 1.24. The maximum atomic E-state index is 4.51. The molecular weight excluding hydrogens is 282 g/mol. The fourth-order valence-corrected chi connectivity index (χ4v) is 3.16. The third kappa shape index (κ3) is 3.69. The van der Waals surface area contributed by atoms with Crippen LogP contribution in [-0.4, -0.2) is 27.4 Å². The van der Waals surface area contributed by atoms with Gasteiger partial charge in [-0.2, -0.15) is 4.37 Å². The van der Waals surface area contributed by atoms with E-state index in [2.05, 4.69) is 43.6 Å². The van der Waals surface area contributed by atoms with Gasteiger partial charge in [-0.15, -0.1) is 0 Å². The lowest BCUT2D eigenvalue weighted by Crippen LogP contribution is -2.30. The van der Waals surface area contributed by atoms with E-state index < -0.39 is 0 Å². The van der Waals surface area contributed by atoms with E-state index in [0.29, 0.717) is 0 Å². The fraction of sp³-hybridized carbons (Fsp3) is 0.533. The minimum absolute atomic E-state index is 0.766. The van der Waals surface area contributed by atoms with Gasteiger partial charge in [-0.05, 0) is 37.0 Å². The Morgan fingerprint density at radius 1 is 1.29 bits per heavy atom.